The molecule has 1 heterocycles. The molecule has 1 amide bonds. The molecule has 1 N–H and O–H groups in total. The summed E-state index contributed by atoms with van der Waals surface area (Å²) in [6.45, 7) is 3.32. The maximum absolute atomic E-state index is 13.8. The van der Waals surface area contributed by atoms with Gasteiger partial charge in [-0.15, -0.1) is 0 Å². The lowest BCUT2D eigenvalue weighted by atomic mass is 10.1. The Morgan fingerprint density at radius 3 is 2.30 bits per heavy atom. The summed E-state index contributed by atoms with van der Waals surface area (Å²) in [6.07, 6.45) is -5.02. The summed E-state index contributed by atoms with van der Waals surface area (Å²) in [5.74, 6) is -2.55. The molecule has 1 aromatic heterocycles. The molecule has 0 bridgehead atoms. The fourth-order valence-electron chi connectivity index (χ4n) is 3.49. The van der Waals surface area contributed by atoms with Crippen molar-refractivity contribution in [2.45, 2.75) is 20.0 Å². The third-order valence-electron chi connectivity index (χ3n) is 5.40. The van der Waals surface area contributed by atoms with Gasteiger partial charge in [0.1, 0.15) is 22.8 Å². The second-order valence-corrected chi connectivity index (χ2v) is 8.18. The van der Waals surface area contributed by atoms with Crippen molar-refractivity contribution in [3.05, 3.63) is 87.8 Å². The van der Waals surface area contributed by atoms with E-state index in [9.17, 15) is 22.8 Å². The molecule has 0 fully saturated rings. The van der Waals surface area contributed by atoms with Crippen LogP contribution in [0.15, 0.2) is 69.9 Å². The highest BCUT2D eigenvalue weighted by atomic mass is 19.4. The van der Waals surface area contributed by atoms with Crippen molar-refractivity contribution in [1.82, 2.24) is 0 Å². The zero-order chi connectivity index (χ0) is 26.7. The number of methoxy groups -OCH3 is 1. The van der Waals surface area contributed by atoms with Crippen LogP contribution in [0.4, 0.5) is 18.9 Å². The number of aryl methyl sites for hydroxylation is 2. The van der Waals surface area contributed by atoms with Crippen LogP contribution < -0.4 is 25.0 Å². The number of hydrogen-bond donors (Lipinski definition) is 1. The third kappa shape index (κ3) is 5.85. The highest BCUT2D eigenvalue weighted by Crippen LogP contribution is 2.38. The van der Waals surface area contributed by atoms with Gasteiger partial charge in [0.15, 0.2) is 6.61 Å². The largest absolute Gasteiger partial charge is 0.497 e. The number of alkyl halides is 3. The van der Waals surface area contributed by atoms with Crippen LogP contribution in [0.1, 0.15) is 16.9 Å². The number of carbonyl (C=O) groups is 1. The standard InChI is InChI=1S/C27H22F3NO6/c1-15-4-5-16(2)21(12-15)31-23(32)14-35-19-10-11-20-22(13-19)37-26(27(28,29)30)25(24(20)33)36-18-8-6-17(34-3)7-9-18/h4-13H,14H2,1-3H3,(H,31,32). The molecule has 10 heteroatoms. The molecule has 7 nitrogen and oxygen atoms in total. The van der Waals surface area contributed by atoms with Gasteiger partial charge in [0.25, 0.3) is 11.7 Å². The second kappa shape index (κ2) is 10.3. The van der Waals surface area contributed by atoms with Crippen LogP contribution >= 0.6 is 0 Å². The number of rotatable bonds is 7. The lowest BCUT2D eigenvalue weighted by Crippen LogP contribution is -2.20. The molecule has 3 aromatic carbocycles. The average Bonchev–Trinajstić information content (AvgIpc) is 2.86. The van der Waals surface area contributed by atoms with E-state index in [-0.39, 0.29) is 22.5 Å². The Kier molecular flexibility index (Phi) is 7.10. The first kappa shape index (κ1) is 25.6. The molecular weight excluding hydrogens is 491 g/mol. The Labute approximate surface area is 209 Å². The van der Waals surface area contributed by atoms with Crippen LogP contribution in [-0.2, 0) is 11.0 Å². The fraction of sp³-hybridized carbons (Fsp3) is 0.185. The molecule has 4 aromatic rings. The highest BCUT2D eigenvalue weighted by molar-refractivity contribution is 5.92. The van der Waals surface area contributed by atoms with Gasteiger partial charge in [-0.1, -0.05) is 12.1 Å². The number of amides is 1. The summed E-state index contributed by atoms with van der Waals surface area (Å²) < 4.78 is 62.2. The first-order chi connectivity index (χ1) is 17.5. The monoisotopic (exact) mass is 513 g/mol. The first-order valence-electron chi connectivity index (χ1n) is 11.0. The summed E-state index contributed by atoms with van der Waals surface area (Å²) in [5, 5.41) is 2.57. The van der Waals surface area contributed by atoms with Gasteiger partial charge in [-0.05, 0) is 67.4 Å². The van der Waals surface area contributed by atoms with Gasteiger partial charge in [-0.3, -0.25) is 9.59 Å². The maximum Gasteiger partial charge on any atom is 0.453 e. The molecule has 0 saturated carbocycles. The molecule has 0 aliphatic carbocycles. The highest BCUT2D eigenvalue weighted by Gasteiger charge is 2.40. The summed E-state index contributed by atoms with van der Waals surface area (Å²) in [7, 11) is 1.44. The van der Waals surface area contributed by atoms with Gasteiger partial charge in [-0.2, -0.15) is 13.2 Å². The molecule has 37 heavy (non-hydrogen) atoms. The zero-order valence-electron chi connectivity index (χ0n) is 20.1. The number of benzene rings is 3. The number of ether oxygens (including phenoxy) is 3. The SMILES string of the molecule is COc1ccc(Oc2c(C(F)(F)F)oc3cc(OCC(=O)Nc4cc(C)ccc4C)ccc3c2=O)cc1. The number of halogens is 3. The van der Waals surface area contributed by atoms with E-state index in [1.54, 1.807) is 0 Å². The minimum absolute atomic E-state index is 0.00670. The van der Waals surface area contributed by atoms with Gasteiger partial charge in [0.05, 0.1) is 12.5 Å². The second-order valence-electron chi connectivity index (χ2n) is 8.18. The summed E-state index contributed by atoms with van der Waals surface area (Å²) in [5.41, 5.74) is 1.06. The van der Waals surface area contributed by atoms with Crippen molar-refractivity contribution >= 4 is 22.6 Å². The Hall–Kier alpha value is -4.47. The van der Waals surface area contributed by atoms with E-state index in [0.717, 1.165) is 17.2 Å². The van der Waals surface area contributed by atoms with E-state index in [1.807, 2.05) is 32.0 Å². The molecule has 192 valence electrons. The Morgan fingerprint density at radius 2 is 1.62 bits per heavy atom. The minimum Gasteiger partial charge on any atom is -0.497 e. The summed E-state index contributed by atoms with van der Waals surface area (Å²) in [6, 6.07) is 15.0. The number of hydrogen-bond acceptors (Lipinski definition) is 6. The van der Waals surface area contributed by atoms with Crippen molar-refractivity contribution in [2.24, 2.45) is 0 Å². The Balaban J connectivity index is 1.59. The summed E-state index contributed by atoms with van der Waals surface area (Å²) >= 11 is 0. The van der Waals surface area contributed by atoms with Gasteiger partial charge < -0.3 is 23.9 Å². The smallest absolute Gasteiger partial charge is 0.453 e. The van der Waals surface area contributed by atoms with Gasteiger partial charge in [0, 0.05) is 11.8 Å². The van der Waals surface area contributed by atoms with E-state index in [4.69, 9.17) is 18.6 Å². The van der Waals surface area contributed by atoms with Crippen LogP contribution in [-0.4, -0.2) is 19.6 Å². The number of fused-ring (bicyclic) bond motifs is 1. The molecule has 0 saturated heterocycles. The molecular formula is C27H22F3NO6. The molecule has 0 aliphatic heterocycles. The lowest BCUT2D eigenvalue weighted by molar-refractivity contribution is -0.154. The maximum atomic E-state index is 13.8. The third-order valence-corrected chi connectivity index (χ3v) is 5.40. The molecule has 0 unspecified atom stereocenters. The van der Waals surface area contributed by atoms with E-state index in [0.29, 0.717) is 11.4 Å². The Morgan fingerprint density at radius 1 is 0.946 bits per heavy atom. The van der Waals surface area contributed by atoms with Crippen molar-refractivity contribution in [2.75, 3.05) is 19.0 Å². The van der Waals surface area contributed by atoms with Crippen LogP contribution in [0.25, 0.3) is 11.0 Å². The first-order valence-corrected chi connectivity index (χ1v) is 11.0. The zero-order valence-corrected chi connectivity index (χ0v) is 20.1. The number of carbonyl (C=O) groups excluding carboxylic acids is 1. The molecule has 0 atom stereocenters. The van der Waals surface area contributed by atoms with Crippen molar-refractivity contribution in [1.29, 1.82) is 0 Å². The average molecular weight is 513 g/mol. The van der Waals surface area contributed by atoms with E-state index in [2.05, 4.69) is 5.32 Å². The summed E-state index contributed by atoms with van der Waals surface area (Å²) in [4.78, 5) is 25.3. The quantitative estimate of drug-likeness (QED) is 0.315. The van der Waals surface area contributed by atoms with E-state index >= 15 is 0 Å². The van der Waals surface area contributed by atoms with Crippen molar-refractivity contribution < 1.29 is 36.6 Å². The predicted molar refractivity (Wildman–Crippen MR) is 131 cm³/mol. The normalized spacial score (nSPS) is 11.3. The fourth-order valence-corrected chi connectivity index (χ4v) is 3.49. The van der Waals surface area contributed by atoms with Crippen LogP contribution in [0.5, 0.6) is 23.0 Å². The molecule has 4 rings (SSSR count). The molecule has 0 spiro atoms. The number of nitrogens with one attached hydrogen (secondary N) is 1. The topological polar surface area (TPSA) is 87.0 Å². The van der Waals surface area contributed by atoms with Crippen molar-refractivity contribution in [3.63, 3.8) is 0 Å². The minimum atomic E-state index is -5.02. The number of anilines is 1. The molecule has 0 aliphatic rings. The van der Waals surface area contributed by atoms with Crippen molar-refractivity contribution in [3.8, 4) is 23.0 Å². The van der Waals surface area contributed by atoms with Gasteiger partial charge in [-0.25, -0.2) is 0 Å². The van der Waals surface area contributed by atoms with Crippen LogP contribution in [0.3, 0.4) is 0 Å². The van der Waals surface area contributed by atoms with E-state index < -0.39 is 35.6 Å². The van der Waals surface area contributed by atoms with Crippen LogP contribution in [0.2, 0.25) is 0 Å². The molecule has 0 radical (unpaired) electrons. The van der Waals surface area contributed by atoms with Gasteiger partial charge >= 0.3 is 6.18 Å². The van der Waals surface area contributed by atoms with E-state index in [1.165, 1.54) is 43.5 Å². The lowest BCUT2D eigenvalue weighted by Gasteiger charge is -2.14. The Bertz CT molecular complexity index is 1510. The van der Waals surface area contributed by atoms with Crippen LogP contribution in [0, 0.1) is 13.8 Å². The van der Waals surface area contributed by atoms with Gasteiger partial charge in [0.2, 0.25) is 11.2 Å². The predicted octanol–water partition coefficient (Wildman–Crippen LogP) is 6.25.